The number of nitrogens with two attached hydrogens (primary N) is 2. The van der Waals surface area contributed by atoms with Gasteiger partial charge in [-0.2, -0.15) is 0 Å². The molecule has 0 radical (unpaired) electrons. The molecule has 14 heavy (non-hydrogen) atoms. The van der Waals surface area contributed by atoms with Crippen LogP contribution in [-0.4, -0.2) is 17.6 Å². The van der Waals surface area contributed by atoms with Gasteiger partial charge in [0.25, 0.3) is 0 Å². The van der Waals surface area contributed by atoms with Crippen LogP contribution in [0.2, 0.25) is 0 Å². The lowest BCUT2D eigenvalue weighted by Gasteiger charge is -2.16. The van der Waals surface area contributed by atoms with E-state index >= 15 is 0 Å². The number of anilines is 2. The Balaban J connectivity index is 2.53. The van der Waals surface area contributed by atoms with Crippen molar-refractivity contribution in [2.24, 2.45) is 5.73 Å². The molecule has 1 atom stereocenters. The number of nitrogens with one attached hydrogen (secondary N) is 1. The van der Waals surface area contributed by atoms with Crippen LogP contribution in [0.25, 0.3) is 0 Å². The minimum Gasteiger partial charge on any atom is -0.384 e. The van der Waals surface area contributed by atoms with Crippen LogP contribution in [0.15, 0.2) is 18.3 Å². The van der Waals surface area contributed by atoms with Crippen molar-refractivity contribution in [3.05, 3.63) is 18.3 Å². The zero-order valence-electron chi connectivity index (χ0n) is 8.53. The third-order valence-corrected chi connectivity index (χ3v) is 2.17. The molecule has 0 aromatic carbocycles. The summed E-state index contributed by atoms with van der Waals surface area (Å²) in [5.74, 6) is 0.544. The van der Waals surface area contributed by atoms with Crippen LogP contribution < -0.4 is 16.8 Å². The summed E-state index contributed by atoms with van der Waals surface area (Å²) < 4.78 is 0. The van der Waals surface area contributed by atoms with Crippen LogP contribution in [0.1, 0.15) is 19.8 Å². The highest BCUT2D eigenvalue weighted by Crippen LogP contribution is 2.11. The lowest BCUT2D eigenvalue weighted by Crippen LogP contribution is -2.22. The molecule has 0 spiro atoms. The first-order valence-corrected chi connectivity index (χ1v) is 4.94. The number of hydrogen-bond acceptors (Lipinski definition) is 4. The van der Waals surface area contributed by atoms with E-state index < -0.39 is 0 Å². The zero-order valence-corrected chi connectivity index (χ0v) is 8.53. The molecule has 0 saturated heterocycles. The van der Waals surface area contributed by atoms with Gasteiger partial charge in [-0.1, -0.05) is 6.92 Å². The van der Waals surface area contributed by atoms with Crippen molar-refractivity contribution >= 4 is 11.5 Å². The van der Waals surface area contributed by atoms with Gasteiger partial charge < -0.3 is 16.8 Å². The minimum atomic E-state index is 0.422. The maximum atomic E-state index is 5.51. The Morgan fingerprint density at radius 2 is 2.29 bits per heavy atom. The molecule has 0 fully saturated rings. The molecular weight excluding hydrogens is 176 g/mol. The van der Waals surface area contributed by atoms with Crippen LogP contribution in [0.3, 0.4) is 0 Å². The third-order valence-electron chi connectivity index (χ3n) is 2.17. The highest BCUT2D eigenvalue weighted by molar-refractivity contribution is 5.45. The lowest BCUT2D eigenvalue weighted by molar-refractivity contribution is 0.642. The standard InChI is InChI=1S/C10H18N4/c1-2-8(5-6-11)14-9-3-4-10(12)13-7-9/h3-4,7-8,14H,2,5-6,11H2,1H3,(H2,12,13). The summed E-state index contributed by atoms with van der Waals surface area (Å²) in [4.78, 5) is 4.01. The predicted molar refractivity (Wildman–Crippen MR) is 60.0 cm³/mol. The average molecular weight is 194 g/mol. The molecule has 0 aliphatic rings. The SMILES string of the molecule is CCC(CCN)Nc1ccc(N)nc1. The second-order valence-electron chi connectivity index (χ2n) is 3.30. The predicted octanol–water partition coefficient (Wildman–Crippen LogP) is 1.20. The van der Waals surface area contributed by atoms with Crippen molar-refractivity contribution in [1.29, 1.82) is 0 Å². The molecular formula is C10H18N4. The normalized spacial score (nSPS) is 12.4. The number of hydrogen-bond donors (Lipinski definition) is 3. The summed E-state index contributed by atoms with van der Waals surface area (Å²) in [5.41, 5.74) is 12.0. The second-order valence-corrected chi connectivity index (χ2v) is 3.30. The molecule has 0 saturated carbocycles. The maximum absolute atomic E-state index is 5.51. The molecule has 5 N–H and O–H groups in total. The van der Waals surface area contributed by atoms with Gasteiger partial charge in [-0.15, -0.1) is 0 Å². The Kier molecular flexibility index (Phi) is 4.19. The second kappa shape index (κ2) is 5.44. The Labute approximate surface area is 84.7 Å². The van der Waals surface area contributed by atoms with Gasteiger partial charge >= 0.3 is 0 Å². The van der Waals surface area contributed by atoms with E-state index in [0.29, 0.717) is 18.4 Å². The summed E-state index contributed by atoms with van der Waals surface area (Å²) in [6.45, 7) is 2.84. The van der Waals surface area contributed by atoms with E-state index in [1.807, 2.05) is 6.07 Å². The molecule has 1 unspecified atom stereocenters. The summed E-state index contributed by atoms with van der Waals surface area (Å²) in [6.07, 6.45) is 3.77. The van der Waals surface area contributed by atoms with Crippen molar-refractivity contribution in [2.45, 2.75) is 25.8 Å². The fraction of sp³-hybridized carbons (Fsp3) is 0.500. The van der Waals surface area contributed by atoms with Crippen molar-refractivity contribution in [2.75, 3.05) is 17.6 Å². The van der Waals surface area contributed by atoms with Crippen LogP contribution in [0, 0.1) is 0 Å². The van der Waals surface area contributed by atoms with E-state index in [0.717, 1.165) is 18.5 Å². The van der Waals surface area contributed by atoms with Crippen LogP contribution in [0.4, 0.5) is 11.5 Å². The topological polar surface area (TPSA) is 77.0 Å². The maximum Gasteiger partial charge on any atom is 0.123 e. The van der Waals surface area contributed by atoms with Crippen LogP contribution in [-0.2, 0) is 0 Å². The first-order chi connectivity index (χ1) is 6.76. The van der Waals surface area contributed by atoms with E-state index in [1.165, 1.54) is 0 Å². The van der Waals surface area contributed by atoms with E-state index in [4.69, 9.17) is 11.5 Å². The molecule has 1 rings (SSSR count). The largest absolute Gasteiger partial charge is 0.384 e. The molecule has 1 heterocycles. The third kappa shape index (κ3) is 3.22. The molecule has 1 aromatic heterocycles. The monoisotopic (exact) mass is 194 g/mol. The Hall–Kier alpha value is -1.29. The molecule has 78 valence electrons. The number of nitrogens with zero attached hydrogens (tertiary/aromatic N) is 1. The first kappa shape index (κ1) is 10.8. The molecule has 4 nitrogen and oxygen atoms in total. The summed E-state index contributed by atoms with van der Waals surface area (Å²) >= 11 is 0. The van der Waals surface area contributed by atoms with E-state index in [9.17, 15) is 0 Å². The zero-order chi connectivity index (χ0) is 10.4. The number of aromatic nitrogens is 1. The fourth-order valence-electron chi connectivity index (χ4n) is 1.31. The summed E-state index contributed by atoms with van der Waals surface area (Å²) in [6, 6.07) is 4.14. The smallest absolute Gasteiger partial charge is 0.123 e. The van der Waals surface area contributed by atoms with Crippen LogP contribution >= 0.6 is 0 Å². The van der Waals surface area contributed by atoms with Crippen molar-refractivity contribution in [1.82, 2.24) is 4.98 Å². The lowest BCUT2D eigenvalue weighted by atomic mass is 10.1. The number of rotatable bonds is 5. The van der Waals surface area contributed by atoms with Crippen molar-refractivity contribution in [3.8, 4) is 0 Å². The summed E-state index contributed by atoms with van der Waals surface area (Å²) in [5, 5.41) is 3.36. The average Bonchev–Trinajstić information content (AvgIpc) is 2.20. The Morgan fingerprint density at radius 1 is 1.50 bits per heavy atom. The number of pyridine rings is 1. The molecule has 1 aromatic rings. The summed E-state index contributed by atoms with van der Waals surface area (Å²) in [7, 11) is 0. The van der Waals surface area contributed by atoms with Gasteiger partial charge in [0, 0.05) is 6.04 Å². The van der Waals surface area contributed by atoms with E-state index in [2.05, 4.69) is 17.2 Å². The molecule has 0 bridgehead atoms. The highest BCUT2D eigenvalue weighted by atomic mass is 14.9. The van der Waals surface area contributed by atoms with Gasteiger partial charge in [-0.25, -0.2) is 4.98 Å². The van der Waals surface area contributed by atoms with Crippen LogP contribution in [0.5, 0.6) is 0 Å². The fourth-order valence-corrected chi connectivity index (χ4v) is 1.31. The van der Waals surface area contributed by atoms with Crippen molar-refractivity contribution in [3.63, 3.8) is 0 Å². The van der Waals surface area contributed by atoms with Gasteiger partial charge in [0.05, 0.1) is 11.9 Å². The van der Waals surface area contributed by atoms with E-state index in [-0.39, 0.29) is 0 Å². The van der Waals surface area contributed by atoms with Crippen molar-refractivity contribution < 1.29 is 0 Å². The number of nitrogen functional groups attached to an aromatic ring is 1. The first-order valence-electron chi connectivity index (χ1n) is 4.94. The minimum absolute atomic E-state index is 0.422. The van der Waals surface area contributed by atoms with Gasteiger partial charge in [0.15, 0.2) is 0 Å². The van der Waals surface area contributed by atoms with E-state index in [1.54, 1.807) is 12.3 Å². The van der Waals surface area contributed by atoms with Gasteiger partial charge in [0.2, 0.25) is 0 Å². The molecule has 4 heteroatoms. The molecule has 0 amide bonds. The van der Waals surface area contributed by atoms with Gasteiger partial charge in [-0.3, -0.25) is 0 Å². The Morgan fingerprint density at radius 3 is 2.79 bits per heavy atom. The quantitative estimate of drug-likeness (QED) is 0.658. The highest BCUT2D eigenvalue weighted by Gasteiger charge is 2.04. The van der Waals surface area contributed by atoms with Gasteiger partial charge in [0.1, 0.15) is 5.82 Å². The Bertz CT molecular complexity index is 257. The molecule has 0 aliphatic carbocycles. The van der Waals surface area contributed by atoms with Gasteiger partial charge in [-0.05, 0) is 31.5 Å². The molecule has 0 aliphatic heterocycles.